The van der Waals surface area contributed by atoms with Gasteiger partial charge in [0.2, 0.25) is 0 Å². The molecule has 132 valence electrons. The van der Waals surface area contributed by atoms with E-state index >= 15 is 0 Å². The number of carbonyl (C=O) groups excluding carboxylic acids is 2. The predicted octanol–water partition coefficient (Wildman–Crippen LogP) is 3.12. The maximum Gasteiger partial charge on any atom is 0.338 e. The fraction of sp³-hybridized carbons (Fsp3) is 0.333. The quantitative estimate of drug-likeness (QED) is 0.565. The number of aromatic nitrogens is 2. The molecular weight excluding hydrogens is 320 g/mol. The van der Waals surface area contributed by atoms with Crippen LogP contribution in [0, 0.1) is 0 Å². The first-order valence-corrected chi connectivity index (χ1v) is 8.30. The zero-order valence-electron chi connectivity index (χ0n) is 14.4. The Morgan fingerprint density at radius 1 is 1.04 bits per heavy atom. The molecule has 0 saturated carbocycles. The molecule has 0 fully saturated rings. The summed E-state index contributed by atoms with van der Waals surface area (Å²) in [5.41, 5.74) is 1.21. The highest BCUT2D eigenvalue weighted by Crippen LogP contribution is 2.12. The van der Waals surface area contributed by atoms with Crippen molar-refractivity contribution >= 4 is 23.4 Å². The average molecular weight is 342 g/mol. The molecule has 25 heavy (non-hydrogen) atoms. The van der Waals surface area contributed by atoms with E-state index in [1.165, 1.54) is 0 Å². The summed E-state index contributed by atoms with van der Waals surface area (Å²) in [6.07, 6.45) is 2.14. The van der Waals surface area contributed by atoms with Gasteiger partial charge in [0.1, 0.15) is 5.82 Å². The van der Waals surface area contributed by atoms with Gasteiger partial charge in [0.05, 0.1) is 12.2 Å². The van der Waals surface area contributed by atoms with E-state index in [2.05, 4.69) is 27.8 Å². The molecule has 2 aromatic rings. The number of esters is 1. The van der Waals surface area contributed by atoms with Crippen molar-refractivity contribution in [3.63, 3.8) is 0 Å². The van der Waals surface area contributed by atoms with E-state index in [9.17, 15) is 9.59 Å². The van der Waals surface area contributed by atoms with Gasteiger partial charge in [0.25, 0.3) is 5.91 Å². The van der Waals surface area contributed by atoms with Crippen molar-refractivity contribution in [3.05, 3.63) is 47.7 Å². The smallest absolute Gasteiger partial charge is 0.338 e. The number of benzene rings is 1. The summed E-state index contributed by atoms with van der Waals surface area (Å²) in [4.78, 5) is 23.8. The van der Waals surface area contributed by atoms with Gasteiger partial charge in [0.15, 0.2) is 5.69 Å². The Labute approximate surface area is 146 Å². The number of nitrogens with one attached hydrogen (secondary N) is 2. The molecule has 0 radical (unpaired) electrons. The molecule has 1 amide bonds. The van der Waals surface area contributed by atoms with Gasteiger partial charge in [-0.25, -0.2) is 4.79 Å². The van der Waals surface area contributed by atoms with Crippen LogP contribution in [0.2, 0.25) is 0 Å². The molecule has 0 saturated heterocycles. The van der Waals surface area contributed by atoms with Crippen LogP contribution < -0.4 is 10.6 Å². The SMILES string of the molecule is CCCCNc1ccc(C(=O)Nc2ccc(C(=O)OCC)cc2)nn1. The van der Waals surface area contributed by atoms with E-state index in [0.29, 0.717) is 23.7 Å². The van der Waals surface area contributed by atoms with Gasteiger partial charge in [-0.3, -0.25) is 4.79 Å². The first kappa shape index (κ1) is 18.4. The summed E-state index contributed by atoms with van der Waals surface area (Å²) >= 11 is 0. The highest BCUT2D eigenvalue weighted by molar-refractivity contribution is 6.03. The summed E-state index contributed by atoms with van der Waals surface area (Å²) in [5, 5.41) is 13.8. The van der Waals surface area contributed by atoms with Crippen LogP contribution in [-0.2, 0) is 4.74 Å². The zero-order valence-corrected chi connectivity index (χ0v) is 14.4. The number of unbranched alkanes of at least 4 members (excludes halogenated alkanes) is 1. The molecule has 2 rings (SSSR count). The van der Waals surface area contributed by atoms with Crippen molar-refractivity contribution in [3.8, 4) is 0 Å². The molecule has 1 heterocycles. The minimum Gasteiger partial charge on any atom is -0.462 e. The van der Waals surface area contributed by atoms with Gasteiger partial charge in [-0.15, -0.1) is 10.2 Å². The molecule has 7 nitrogen and oxygen atoms in total. The molecule has 0 bridgehead atoms. The van der Waals surface area contributed by atoms with Gasteiger partial charge < -0.3 is 15.4 Å². The summed E-state index contributed by atoms with van der Waals surface area (Å²) in [6, 6.07) is 9.81. The first-order valence-electron chi connectivity index (χ1n) is 8.30. The lowest BCUT2D eigenvalue weighted by atomic mass is 10.2. The molecular formula is C18H22N4O3. The summed E-state index contributed by atoms with van der Waals surface area (Å²) in [6.45, 7) is 5.00. The topological polar surface area (TPSA) is 93.2 Å². The number of nitrogens with zero attached hydrogens (tertiary/aromatic N) is 2. The Kier molecular flexibility index (Phi) is 6.88. The van der Waals surface area contributed by atoms with E-state index in [1.807, 2.05) is 0 Å². The van der Waals surface area contributed by atoms with Crippen LogP contribution >= 0.6 is 0 Å². The molecule has 7 heteroatoms. The third kappa shape index (κ3) is 5.56. The predicted molar refractivity (Wildman–Crippen MR) is 95.8 cm³/mol. The standard InChI is InChI=1S/C18H22N4O3/c1-3-5-12-19-16-11-10-15(21-22-16)17(23)20-14-8-6-13(7-9-14)18(24)25-4-2/h6-11H,3-5,12H2,1-2H3,(H,19,22)(H,20,23). The second kappa shape index (κ2) is 9.36. The van der Waals surface area contributed by atoms with Crippen molar-refractivity contribution in [2.75, 3.05) is 23.8 Å². The number of anilines is 2. The van der Waals surface area contributed by atoms with Crippen LogP contribution in [-0.4, -0.2) is 35.2 Å². The number of rotatable bonds is 8. The number of carbonyl (C=O) groups is 2. The van der Waals surface area contributed by atoms with Crippen LogP contribution in [0.3, 0.4) is 0 Å². The molecule has 0 aliphatic carbocycles. The van der Waals surface area contributed by atoms with Gasteiger partial charge in [0, 0.05) is 12.2 Å². The van der Waals surface area contributed by atoms with E-state index < -0.39 is 5.97 Å². The van der Waals surface area contributed by atoms with Gasteiger partial charge in [-0.05, 0) is 49.7 Å². The maximum atomic E-state index is 12.2. The molecule has 0 unspecified atom stereocenters. The van der Waals surface area contributed by atoms with E-state index in [1.54, 1.807) is 43.3 Å². The lowest BCUT2D eigenvalue weighted by molar-refractivity contribution is 0.0526. The first-order chi connectivity index (χ1) is 12.1. The van der Waals surface area contributed by atoms with Crippen molar-refractivity contribution in [1.29, 1.82) is 0 Å². The molecule has 1 aromatic carbocycles. The number of ether oxygens (including phenoxy) is 1. The Bertz CT molecular complexity index is 699. The molecule has 0 aliphatic rings. The second-order valence-corrected chi connectivity index (χ2v) is 5.34. The van der Waals surface area contributed by atoms with Crippen molar-refractivity contribution < 1.29 is 14.3 Å². The monoisotopic (exact) mass is 342 g/mol. The Morgan fingerprint density at radius 3 is 2.40 bits per heavy atom. The highest BCUT2D eigenvalue weighted by atomic mass is 16.5. The highest BCUT2D eigenvalue weighted by Gasteiger charge is 2.10. The largest absolute Gasteiger partial charge is 0.462 e. The maximum absolute atomic E-state index is 12.2. The third-order valence-electron chi connectivity index (χ3n) is 3.39. The molecule has 2 N–H and O–H groups in total. The van der Waals surface area contributed by atoms with Gasteiger partial charge in [-0.1, -0.05) is 13.3 Å². The minimum absolute atomic E-state index is 0.218. The summed E-state index contributed by atoms with van der Waals surface area (Å²) < 4.78 is 4.91. The van der Waals surface area contributed by atoms with Crippen molar-refractivity contribution in [2.45, 2.75) is 26.7 Å². The number of hydrogen-bond donors (Lipinski definition) is 2. The summed E-state index contributed by atoms with van der Waals surface area (Å²) in [5.74, 6) is -0.113. The fourth-order valence-corrected chi connectivity index (χ4v) is 2.04. The normalized spacial score (nSPS) is 10.2. The Morgan fingerprint density at radius 2 is 1.80 bits per heavy atom. The van der Waals surface area contributed by atoms with E-state index in [0.717, 1.165) is 19.4 Å². The van der Waals surface area contributed by atoms with Crippen LogP contribution in [0.4, 0.5) is 11.5 Å². The van der Waals surface area contributed by atoms with Gasteiger partial charge in [-0.2, -0.15) is 0 Å². The Balaban J connectivity index is 1.93. The molecule has 1 aromatic heterocycles. The third-order valence-corrected chi connectivity index (χ3v) is 3.39. The zero-order chi connectivity index (χ0) is 18.1. The van der Waals surface area contributed by atoms with E-state index in [-0.39, 0.29) is 11.6 Å². The van der Waals surface area contributed by atoms with Crippen LogP contribution in [0.1, 0.15) is 47.5 Å². The number of hydrogen-bond acceptors (Lipinski definition) is 6. The fourth-order valence-electron chi connectivity index (χ4n) is 2.04. The second-order valence-electron chi connectivity index (χ2n) is 5.34. The van der Waals surface area contributed by atoms with Crippen LogP contribution in [0.5, 0.6) is 0 Å². The molecule has 0 atom stereocenters. The average Bonchev–Trinajstić information content (AvgIpc) is 2.63. The number of amides is 1. The van der Waals surface area contributed by atoms with Gasteiger partial charge >= 0.3 is 5.97 Å². The molecule has 0 aliphatic heterocycles. The van der Waals surface area contributed by atoms with Crippen LogP contribution in [0.15, 0.2) is 36.4 Å². The van der Waals surface area contributed by atoms with Crippen molar-refractivity contribution in [2.24, 2.45) is 0 Å². The van der Waals surface area contributed by atoms with Crippen molar-refractivity contribution in [1.82, 2.24) is 10.2 Å². The Hall–Kier alpha value is -2.96. The van der Waals surface area contributed by atoms with E-state index in [4.69, 9.17) is 4.74 Å². The lowest BCUT2D eigenvalue weighted by Crippen LogP contribution is -2.15. The molecule has 0 spiro atoms. The lowest BCUT2D eigenvalue weighted by Gasteiger charge is -2.07. The summed E-state index contributed by atoms with van der Waals surface area (Å²) in [7, 11) is 0. The van der Waals surface area contributed by atoms with Crippen LogP contribution in [0.25, 0.3) is 0 Å². The minimum atomic E-state index is -0.391.